The van der Waals surface area contributed by atoms with E-state index in [0.717, 1.165) is 49.5 Å². The fourth-order valence-corrected chi connectivity index (χ4v) is 4.70. The van der Waals surface area contributed by atoms with E-state index >= 15 is 0 Å². The fourth-order valence-electron chi connectivity index (χ4n) is 4.70. The Morgan fingerprint density at radius 1 is 1.16 bits per heavy atom. The molecule has 1 aromatic heterocycles. The summed E-state index contributed by atoms with van der Waals surface area (Å²) in [7, 11) is 2.18. The highest BCUT2D eigenvalue weighted by Gasteiger charge is 2.27. The van der Waals surface area contributed by atoms with Gasteiger partial charge in [0.2, 0.25) is 0 Å². The third-order valence-electron chi connectivity index (χ3n) is 7.19. The van der Waals surface area contributed by atoms with Gasteiger partial charge in [0, 0.05) is 55.8 Å². The number of nitrogens with zero attached hydrogens (tertiary/aromatic N) is 3. The molecule has 1 aliphatic carbocycles. The predicted molar refractivity (Wildman–Crippen MR) is 153 cm³/mol. The molecule has 0 unspecified atom stereocenters. The van der Waals surface area contributed by atoms with Crippen molar-refractivity contribution in [2.45, 2.75) is 32.2 Å². The molecular formula is C31H34N6O. The van der Waals surface area contributed by atoms with Crippen LogP contribution in [0.4, 0.5) is 5.69 Å². The molecule has 5 rings (SSSR count). The van der Waals surface area contributed by atoms with Gasteiger partial charge in [-0.1, -0.05) is 18.1 Å². The summed E-state index contributed by atoms with van der Waals surface area (Å²) in [6.45, 7) is 7.38. The SMILES string of the molecule is Cc1ccc(C(=O)Nc2ccc(CN3CCN(C)CC3)c(C3CC3)c2)cc1C#Cc1cnc(/C=C\C=N)[nH]1. The van der Waals surface area contributed by atoms with Crippen LogP contribution in [0.2, 0.25) is 0 Å². The number of likely N-dealkylation sites (N-methyl/N-ethyl adjacent to an activating group) is 1. The molecule has 0 spiro atoms. The number of amides is 1. The fraction of sp³-hybridized carbons (Fsp3) is 0.323. The molecule has 3 aromatic rings. The highest BCUT2D eigenvalue weighted by atomic mass is 16.1. The molecule has 2 heterocycles. The van der Waals surface area contributed by atoms with Crippen LogP contribution in [-0.2, 0) is 6.54 Å². The number of piperazine rings is 1. The van der Waals surface area contributed by atoms with Crippen LogP contribution in [0.15, 0.2) is 48.7 Å². The summed E-state index contributed by atoms with van der Waals surface area (Å²) < 4.78 is 0. The molecule has 2 aliphatic rings. The van der Waals surface area contributed by atoms with Crippen molar-refractivity contribution in [3.05, 3.63) is 88.0 Å². The van der Waals surface area contributed by atoms with Gasteiger partial charge in [0.05, 0.1) is 6.20 Å². The summed E-state index contributed by atoms with van der Waals surface area (Å²) in [5.41, 5.74) is 6.66. The number of carbonyl (C=O) groups excluding carboxylic acids is 1. The minimum Gasteiger partial charge on any atom is -0.332 e. The van der Waals surface area contributed by atoms with Crippen molar-refractivity contribution >= 4 is 23.9 Å². The Bertz CT molecular complexity index is 1410. The Balaban J connectivity index is 1.29. The molecule has 0 bridgehead atoms. The van der Waals surface area contributed by atoms with E-state index in [1.165, 1.54) is 30.2 Å². The second-order valence-corrected chi connectivity index (χ2v) is 10.2. The van der Waals surface area contributed by atoms with Gasteiger partial charge >= 0.3 is 0 Å². The maximum absolute atomic E-state index is 13.2. The lowest BCUT2D eigenvalue weighted by molar-refractivity contribution is 0.102. The smallest absolute Gasteiger partial charge is 0.255 e. The average Bonchev–Trinajstić information content (AvgIpc) is 3.67. The molecule has 1 saturated heterocycles. The molecular weight excluding hydrogens is 472 g/mol. The summed E-state index contributed by atoms with van der Waals surface area (Å²) in [6.07, 6.45) is 8.61. The zero-order valence-electron chi connectivity index (χ0n) is 22.1. The molecule has 194 valence electrons. The second kappa shape index (κ2) is 11.6. The van der Waals surface area contributed by atoms with Crippen molar-refractivity contribution in [2.75, 3.05) is 38.5 Å². The van der Waals surface area contributed by atoms with Crippen molar-refractivity contribution in [1.29, 1.82) is 5.41 Å². The highest BCUT2D eigenvalue weighted by Crippen LogP contribution is 2.43. The van der Waals surface area contributed by atoms with Gasteiger partial charge in [0.15, 0.2) is 0 Å². The van der Waals surface area contributed by atoms with Crippen molar-refractivity contribution in [2.24, 2.45) is 0 Å². The molecule has 2 aromatic carbocycles. The first-order chi connectivity index (χ1) is 18.5. The number of imidazole rings is 1. The van der Waals surface area contributed by atoms with E-state index in [9.17, 15) is 4.79 Å². The summed E-state index contributed by atoms with van der Waals surface area (Å²) >= 11 is 0. The molecule has 1 amide bonds. The lowest BCUT2D eigenvalue weighted by Gasteiger charge is -2.32. The number of allylic oxidation sites excluding steroid dienone is 1. The largest absolute Gasteiger partial charge is 0.332 e. The summed E-state index contributed by atoms with van der Waals surface area (Å²) in [5.74, 6) is 7.36. The van der Waals surface area contributed by atoms with E-state index in [0.29, 0.717) is 23.0 Å². The molecule has 1 saturated carbocycles. The Kier molecular flexibility index (Phi) is 7.83. The normalized spacial score (nSPS) is 16.3. The van der Waals surface area contributed by atoms with Gasteiger partial charge in [0.25, 0.3) is 5.91 Å². The van der Waals surface area contributed by atoms with Gasteiger partial charge in [-0.25, -0.2) is 4.98 Å². The van der Waals surface area contributed by atoms with Crippen LogP contribution < -0.4 is 5.32 Å². The van der Waals surface area contributed by atoms with Crippen LogP contribution >= 0.6 is 0 Å². The number of carbonyl (C=O) groups is 1. The number of hydrogen-bond acceptors (Lipinski definition) is 5. The summed E-state index contributed by atoms with van der Waals surface area (Å²) in [4.78, 5) is 25.4. The minimum absolute atomic E-state index is 0.137. The van der Waals surface area contributed by atoms with Crippen molar-refractivity contribution in [3.63, 3.8) is 0 Å². The highest BCUT2D eigenvalue weighted by molar-refractivity contribution is 6.04. The van der Waals surface area contributed by atoms with Crippen molar-refractivity contribution in [1.82, 2.24) is 19.8 Å². The quantitative estimate of drug-likeness (QED) is 0.321. The predicted octanol–water partition coefficient (Wildman–Crippen LogP) is 4.66. The van der Waals surface area contributed by atoms with Crippen LogP contribution in [0, 0.1) is 24.2 Å². The average molecular weight is 507 g/mol. The number of aromatic nitrogens is 2. The molecule has 0 atom stereocenters. The topological polar surface area (TPSA) is 88.1 Å². The number of hydrogen-bond donors (Lipinski definition) is 3. The lowest BCUT2D eigenvalue weighted by Crippen LogP contribution is -2.44. The van der Waals surface area contributed by atoms with Gasteiger partial charge in [-0.2, -0.15) is 0 Å². The molecule has 7 nitrogen and oxygen atoms in total. The van der Waals surface area contributed by atoms with Crippen LogP contribution in [0.1, 0.15) is 62.9 Å². The van der Waals surface area contributed by atoms with E-state index in [1.807, 2.05) is 31.2 Å². The van der Waals surface area contributed by atoms with E-state index < -0.39 is 0 Å². The van der Waals surface area contributed by atoms with Gasteiger partial charge in [-0.15, -0.1) is 0 Å². The van der Waals surface area contributed by atoms with Crippen molar-refractivity contribution < 1.29 is 4.79 Å². The monoisotopic (exact) mass is 506 g/mol. The maximum Gasteiger partial charge on any atom is 0.255 e. The molecule has 0 radical (unpaired) electrons. The number of rotatable bonds is 7. The maximum atomic E-state index is 13.2. The Labute approximate surface area is 224 Å². The van der Waals surface area contributed by atoms with Crippen LogP contribution in [0.3, 0.4) is 0 Å². The molecule has 3 N–H and O–H groups in total. The van der Waals surface area contributed by atoms with Gasteiger partial charge in [0.1, 0.15) is 11.5 Å². The van der Waals surface area contributed by atoms with E-state index in [1.54, 1.807) is 18.3 Å². The number of benzene rings is 2. The number of aromatic amines is 1. The Hall–Kier alpha value is -3.99. The van der Waals surface area contributed by atoms with E-state index in [2.05, 4.69) is 56.1 Å². The lowest BCUT2D eigenvalue weighted by atomic mass is 10.0. The summed E-state index contributed by atoms with van der Waals surface area (Å²) in [6, 6.07) is 12.0. The van der Waals surface area contributed by atoms with Crippen LogP contribution in [0.25, 0.3) is 6.08 Å². The Morgan fingerprint density at radius 2 is 1.97 bits per heavy atom. The van der Waals surface area contributed by atoms with Gasteiger partial charge < -0.3 is 20.6 Å². The number of H-pyrrole nitrogens is 1. The Morgan fingerprint density at radius 3 is 2.74 bits per heavy atom. The third-order valence-corrected chi connectivity index (χ3v) is 7.19. The van der Waals surface area contributed by atoms with Crippen LogP contribution in [0.5, 0.6) is 0 Å². The standard InChI is InChI=1S/C31H34N6O/c1-22-5-6-25(18-24(22)9-12-28-20-33-30(34-28)4-3-13-32)31(38)35-27-11-10-26(29(19-27)23-7-8-23)21-37-16-14-36(2)15-17-37/h3-6,10-11,13,18-20,23,32H,7-8,14-17,21H2,1-2H3,(H,33,34)(H,35,38)/b4-3-,32-13?. The van der Waals surface area contributed by atoms with Crippen molar-refractivity contribution in [3.8, 4) is 11.8 Å². The first-order valence-electron chi connectivity index (χ1n) is 13.2. The minimum atomic E-state index is -0.137. The van der Waals surface area contributed by atoms with Gasteiger partial charge in [-0.05, 0) is 91.8 Å². The van der Waals surface area contributed by atoms with E-state index in [-0.39, 0.29) is 5.91 Å². The number of anilines is 1. The first-order valence-corrected chi connectivity index (χ1v) is 13.2. The summed E-state index contributed by atoms with van der Waals surface area (Å²) in [5, 5.41) is 10.2. The zero-order valence-corrected chi connectivity index (χ0v) is 22.1. The molecule has 7 heteroatoms. The third kappa shape index (κ3) is 6.46. The molecule has 2 fully saturated rings. The van der Waals surface area contributed by atoms with Crippen LogP contribution in [-0.4, -0.2) is 65.1 Å². The number of aryl methyl sites for hydroxylation is 1. The van der Waals surface area contributed by atoms with E-state index in [4.69, 9.17) is 5.41 Å². The number of nitrogens with one attached hydrogen (secondary N) is 3. The zero-order chi connectivity index (χ0) is 26.5. The molecule has 38 heavy (non-hydrogen) atoms. The second-order valence-electron chi connectivity index (χ2n) is 10.2. The van der Waals surface area contributed by atoms with Gasteiger partial charge in [-0.3, -0.25) is 9.69 Å². The first kappa shape index (κ1) is 25.7. The molecule has 1 aliphatic heterocycles.